The Morgan fingerprint density at radius 2 is 1.60 bits per heavy atom. The van der Waals surface area contributed by atoms with E-state index in [2.05, 4.69) is 5.09 Å². The second-order valence-corrected chi connectivity index (χ2v) is 9.18. The first-order chi connectivity index (χ1) is 12.0. The molecular formula is C18H20NO5P. The quantitative estimate of drug-likeness (QED) is 0.823. The topological polar surface area (TPSA) is 66.0 Å². The van der Waals surface area contributed by atoms with Crippen molar-refractivity contribution < 1.29 is 22.9 Å². The summed E-state index contributed by atoms with van der Waals surface area (Å²) in [4.78, 5) is 12.5. The summed E-state index contributed by atoms with van der Waals surface area (Å²) in [5.41, 5.74) is 0. The van der Waals surface area contributed by atoms with Gasteiger partial charge in [0.1, 0.15) is 0 Å². The molecule has 7 heteroatoms. The fraction of sp³-hybridized carbons (Fsp3) is 0.278. The molecule has 25 heavy (non-hydrogen) atoms. The van der Waals surface area contributed by atoms with Crippen molar-refractivity contribution in [3.05, 3.63) is 54.6 Å². The van der Waals surface area contributed by atoms with Crippen LogP contribution < -0.4 is 18.7 Å². The van der Waals surface area contributed by atoms with Crippen LogP contribution in [0.3, 0.4) is 0 Å². The molecule has 2 aliphatic heterocycles. The summed E-state index contributed by atoms with van der Waals surface area (Å²) in [7, 11) is -4.35. The zero-order valence-corrected chi connectivity index (χ0v) is 14.9. The third kappa shape index (κ3) is 2.81. The summed E-state index contributed by atoms with van der Waals surface area (Å²) in [6.07, 6.45) is 0.595. The first-order valence-corrected chi connectivity index (χ1v) is 10.2. The number of hydrogen-bond acceptors (Lipinski definition) is 6. The molecule has 1 fully saturated rings. The Kier molecular flexibility index (Phi) is 3.63. The van der Waals surface area contributed by atoms with Gasteiger partial charge in [0.25, 0.3) is 0 Å². The Morgan fingerprint density at radius 1 is 1.00 bits per heavy atom. The van der Waals surface area contributed by atoms with E-state index in [-0.39, 0.29) is 0 Å². The number of para-hydroxylation sites is 3. The maximum absolute atomic E-state index is 12.5. The molecule has 0 unspecified atom stereocenters. The van der Waals surface area contributed by atoms with Crippen LogP contribution in [0.2, 0.25) is 0 Å². The van der Waals surface area contributed by atoms with Gasteiger partial charge in [0.05, 0.1) is 0 Å². The van der Waals surface area contributed by atoms with Crippen molar-refractivity contribution in [2.45, 2.75) is 26.3 Å². The van der Waals surface area contributed by atoms with Crippen molar-refractivity contribution in [2.24, 2.45) is 5.92 Å². The van der Waals surface area contributed by atoms with Gasteiger partial charge in [-0.3, -0.25) is 0 Å². The van der Waals surface area contributed by atoms with E-state index in [4.69, 9.17) is 18.1 Å². The van der Waals surface area contributed by atoms with Crippen LogP contribution in [0.5, 0.6) is 17.2 Å². The van der Waals surface area contributed by atoms with Gasteiger partial charge in [-0.25, -0.2) is 0 Å². The first kappa shape index (κ1) is 16.2. The van der Waals surface area contributed by atoms with Gasteiger partial charge < -0.3 is 0 Å². The molecule has 132 valence electrons. The van der Waals surface area contributed by atoms with Crippen LogP contribution in [0.25, 0.3) is 0 Å². The average Bonchev–Trinajstić information content (AvgIpc) is 3.01. The Bertz CT molecular complexity index is 785. The Hall–Kier alpha value is -2.30. The molecule has 2 aliphatic rings. The minimum atomic E-state index is -4.35. The van der Waals surface area contributed by atoms with E-state index < -0.39 is 19.7 Å². The molecule has 0 aromatic heterocycles. The number of nitrogens with one attached hydrogen (secondary N) is 1. The van der Waals surface area contributed by atoms with Gasteiger partial charge in [0, 0.05) is 0 Å². The Balaban J connectivity index is 1.74. The van der Waals surface area contributed by atoms with E-state index in [9.17, 15) is 4.79 Å². The molecule has 2 heterocycles. The van der Waals surface area contributed by atoms with Crippen molar-refractivity contribution in [3.63, 3.8) is 0 Å². The molecule has 1 N–H and O–H groups in total. The molecule has 6 nitrogen and oxygen atoms in total. The maximum atomic E-state index is 12.5. The minimum absolute atomic E-state index is 0.297. The molecule has 0 aliphatic carbocycles. The van der Waals surface area contributed by atoms with Gasteiger partial charge in [0.2, 0.25) is 0 Å². The van der Waals surface area contributed by atoms with Crippen molar-refractivity contribution >= 4 is 13.6 Å². The summed E-state index contributed by atoms with van der Waals surface area (Å²) in [6.45, 7) is 4.08. The summed E-state index contributed by atoms with van der Waals surface area (Å²) in [6, 6.07) is 15.7. The van der Waals surface area contributed by atoms with Gasteiger partial charge in [-0.2, -0.15) is 0 Å². The van der Waals surface area contributed by atoms with Crippen molar-refractivity contribution in [2.75, 3.05) is 0 Å². The van der Waals surface area contributed by atoms with Crippen LogP contribution in [0.1, 0.15) is 20.3 Å². The number of carbonyl (C=O) groups excluding carboxylic acids is 1. The van der Waals surface area contributed by atoms with E-state index in [0.717, 1.165) is 0 Å². The molecule has 2 aromatic rings. The third-order valence-corrected chi connectivity index (χ3v) is 6.75. The molecule has 4 rings (SSSR count). The van der Waals surface area contributed by atoms with E-state index >= 15 is 0 Å². The fourth-order valence-corrected chi connectivity index (χ4v) is 6.02. The van der Waals surface area contributed by atoms with Crippen LogP contribution in [-0.2, 0) is 9.32 Å². The molecule has 1 spiro atoms. The van der Waals surface area contributed by atoms with Crippen molar-refractivity contribution in [3.8, 4) is 17.2 Å². The van der Waals surface area contributed by atoms with Gasteiger partial charge >= 0.3 is 146 Å². The molecule has 0 radical (unpaired) electrons. The molecule has 1 saturated heterocycles. The third-order valence-electron chi connectivity index (χ3n) is 3.97. The zero-order valence-electron chi connectivity index (χ0n) is 14.0. The summed E-state index contributed by atoms with van der Waals surface area (Å²) < 4.78 is 23.9. The second kappa shape index (κ2) is 5.61. The van der Waals surface area contributed by atoms with Gasteiger partial charge in [0.15, 0.2) is 0 Å². The number of benzene rings is 2. The van der Waals surface area contributed by atoms with Crippen LogP contribution >= 0.6 is 7.66 Å². The molecule has 2 aromatic carbocycles. The van der Waals surface area contributed by atoms with Gasteiger partial charge in [-0.1, -0.05) is 0 Å². The van der Waals surface area contributed by atoms with Gasteiger partial charge in [-0.05, 0) is 0 Å². The van der Waals surface area contributed by atoms with E-state index in [1.165, 1.54) is 0 Å². The Labute approximate surface area is 146 Å². The first-order valence-electron chi connectivity index (χ1n) is 8.26. The fourth-order valence-electron chi connectivity index (χ4n) is 2.97. The predicted octanol–water partition coefficient (Wildman–Crippen LogP) is 4.23. The van der Waals surface area contributed by atoms with Crippen LogP contribution in [-0.4, -0.2) is 12.0 Å². The number of carbonyl (C=O) groups is 1. The van der Waals surface area contributed by atoms with Crippen molar-refractivity contribution in [1.82, 2.24) is 5.09 Å². The standard InChI is InChI=1S/C18H20NO5P/c1-13(2)12-15-18(20)24-25(19-15,21-14-8-4-3-5-9-14)22-16-10-6-7-11-17(16)23-25/h3-11,13,15,19H,12H2,1-2H3/t15-/m0/s1. The van der Waals surface area contributed by atoms with Crippen LogP contribution in [0.4, 0.5) is 0 Å². The molecule has 0 bridgehead atoms. The van der Waals surface area contributed by atoms with Crippen LogP contribution in [0.15, 0.2) is 54.6 Å². The van der Waals surface area contributed by atoms with Crippen molar-refractivity contribution in [1.29, 1.82) is 0 Å². The summed E-state index contributed by atoms with van der Waals surface area (Å²) in [5, 5.41) is 3.15. The second-order valence-electron chi connectivity index (χ2n) is 6.57. The zero-order chi connectivity index (χ0) is 17.5. The number of fused-ring (bicyclic) bond motifs is 1. The summed E-state index contributed by atoms with van der Waals surface area (Å²) >= 11 is 0. The van der Waals surface area contributed by atoms with E-state index in [1.54, 1.807) is 24.3 Å². The Morgan fingerprint density at radius 3 is 2.20 bits per heavy atom. The molecule has 0 amide bonds. The monoisotopic (exact) mass is 361 g/mol. The SMILES string of the molecule is CC(C)C[C@@H]1NP2(Oc3ccccc3)(OC1=O)Oc1ccccc1O2. The molecule has 0 saturated carbocycles. The van der Waals surface area contributed by atoms with Crippen LogP contribution in [0, 0.1) is 5.92 Å². The van der Waals surface area contributed by atoms with Gasteiger partial charge in [-0.15, -0.1) is 0 Å². The van der Waals surface area contributed by atoms with E-state index in [0.29, 0.717) is 29.6 Å². The number of hydrogen-bond donors (Lipinski definition) is 1. The summed E-state index contributed by atoms with van der Waals surface area (Å²) in [5.74, 6) is 1.35. The normalized spacial score (nSPS) is 23.9. The molecule has 1 atom stereocenters. The molecular weight excluding hydrogens is 341 g/mol. The average molecular weight is 361 g/mol. The number of rotatable bonds is 4. The van der Waals surface area contributed by atoms with E-state index in [1.807, 2.05) is 44.2 Å². The predicted molar refractivity (Wildman–Crippen MR) is 94.2 cm³/mol.